The molecule has 1 aromatic rings. The molecule has 0 heterocycles. The fraction of sp³-hybridized carbons (Fsp3) is 0.538. The Kier molecular flexibility index (Phi) is 10.4. The second kappa shape index (κ2) is 11.5. The molecule has 144 valence electrons. The van der Waals surface area contributed by atoms with Gasteiger partial charge in [0.1, 0.15) is 0 Å². The molecule has 0 fully saturated rings. The van der Waals surface area contributed by atoms with Gasteiger partial charge in [-0.3, -0.25) is 9.84 Å². The molecule has 25 heavy (non-hydrogen) atoms. The minimum Gasteiger partial charge on any atom is -0.303 e. The van der Waals surface area contributed by atoms with Gasteiger partial charge in [-0.25, -0.2) is 18.2 Å². The molecule has 0 saturated carbocycles. The van der Waals surface area contributed by atoms with Gasteiger partial charge in [0.25, 0.3) is 0 Å². The van der Waals surface area contributed by atoms with E-state index in [0.29, 0.717) is 6.42 Å². The molecule has 0 bridgehead atoms. The third-order valence-corrected chi connectivity index (χ3v) is 5.26. The van der Waals surface area contributed by atoms with E-state index in [1.165, 1.54) is 6.92 Å². The Morgan fingerprint density at radius 2 is 1.80 bits per heavy atom. The van der Waals surface area contributed by atoms with Crippen molar-refractivity contribution < 1.29 is 37.4 Å². The summed E-state index contributed by atoms with van der Waals surface area (Å²) in [5, 5.41) is 2.53. The van der Waals surface area contributed by atoms with Crippen LogP contribution in [0.2, 0.25) is 0 Å². The summed E-state index contributed by atoms with van der Waals surface area (Å²) in [6.45, 7) is 1.64. The summed E-state index contributed by atoms with van der Waals surface area (Å²) in [4.78, 5) is 28.2. The standard InChI is InChI=1S/C13H23NO8P2S/c1-2-20-24(18,19)22-13(21-23(15,16)17)14-10-6-7-11-25-12-8-4-3-5-9-12/h3-5,8-9,13-14H,2,6-7,10-11H2,1H3,(H,18,19)(H2,15,16,17). The molecule has 0 radical (unpaired) electrons. The summed E-state index contributed by atoms with van der Waals surface area (Å²) in [5.41, 5.74) is 0. The maximum Gasteiger partial charge on any atom is 0.475 e. The maximum absolute atomic E-state index is 11.5. The van der Waals surface area contributed by atoms with E-state index in [-0.39, 0.29) is 13.2 Å². The Hall–Kier alpha value is -0.250. The highest BCUT2D eigenvalue weighted by Gasteiger charge is 2.31. The first-order valence-corrected chi connectivity index (χ1v) is 11.5. The van der Waals surface area contributed by atoms with Gasteiger partial charge in [0.15, 0.2) is 0 Å². The monoisotopic (exact) mass is 415 g/mol. The van der Waals surface area contributed by atoms with Crippen molar-refractivity contribution in [3.63, 3.8) is 0 Å². The molecule has 0 aromatic heterocycles. The van der Waals surface area contributed by atoms with Crippen LogP contribution in [0.3, 0.4) is 0 Å². The lowest BCUT2D eigenvalue weighted by molar-refractivity contribution is -0.0595. The number of hydrogen-bond acceptors (Lipinski definition) is 7. The van der Waals surface area contributed by atoms with E-state index in [4.69, 9.17) is 9.79 Å². The number of hydrogen-bond donors (Lipinski definition) is 4. The zero-order valence-corrected chi connectivity index (χ0v) is 16.3. The van der Waals surface area contributed by atoms with Crippen LogP contribution in [-0.4, -0.2) is 40.0 Å². The molecular formula is C13H23NO8P2S. The fourth-order valence-electron chi connectivity index (χ4n) is 1.69. The predicted octanol–water partition coefficient (Wildman–Crippen LogP) is 2.69. The van der Waals surface area contributed by atoms with Gasteiger partial charge in [-0.2, -0.15) is 0 Å². The van der Waals surface area contributed by atoms with Gasteiger partial charge in [-0.15, -0.1) is 11.8 Å². The molecule has 0 amide bonds. The number of unbranched alkanes of at least 4 members (excludes halogenated alkanes) is 1. The molecule has 1 aromatic carbocycles. The Bertz CT molecular complexity index is 585. The smallest absolute Gasteiger partial charge is 0.303 e. The maximum atomic E-state index is 11.5. The quantitative estimate of drug-likeness (QED) is 0.165. The first-order chi connectivity index (χ1) is 11.7. The van der Waals surface area contributed by atoms with E-state index in [1.807, 2.05) is 30.3 Å². The largest absolute Gasteiger partial charge is 0.475 e. The van der Waals surface area contributed by atoms with Crippen molar-refractivity contribution in [1.29, 1.82) is 0 Å². The highest BCUT2D eigenvalue weighted by Crippen LogP contribution is 2.47. The number of nitrogens with one attached hydrogen (secondary N) is 1. The SMILES string of the molecule is CCOP(=O)(O)OC(NCCCCSc1ccccc1)OP(=O)(O)O. The van der Waals surface area contributed by atoms with Crippen LogP contribution in [-0.2, 0) is 22.7 Å². The zero-order valence-electron chi connectivity index (χ0n) is 13.7. The van der Waals surface area contributed by atoms with E-state index < -0.39 is 22.1 Å². The summed E-state index contributed by atoms with van der Waals surface area (Å²) in [6.07, 6.45) is -0.295. The normalized spacial score (nSPS) is 15.7. The van der Waals surface area contributed by atoms with E-state index in [2.05, 4.69) is 18.9 Å². The van der Waals surface area contributed by atoms with E-state index in [0.717, 1.165) is 17.1 Å². The van der Waals surface area contributed by atoms with Gasteiger partial charge in [0.2, 0.25) is 6.41 Å². The molecule has 0 aliphatic rings. The lowest BCUT2D eigenvalue weighted by atomic mass is 10.3. The highest BCUT2D eigenvalue weighted by atomic mass is 32.2. The van der Waals surface area contributed by atoms with Crippen LogP contribution < -0.4 is 5.32 Å². The Morgan fingerprint density at radius 1 is 1.12 bits per heavy atom. The minimum absolute atomic E-state index is 0.104. The van der Waals surface area contributed by atoms with Gasteiger partial charge >= 0.3 is 15.6 Å². The molecule has 2 atom stereocenters. The molecule has 12 heteroatoms. The summed E-state index contributed by atoms with van der Waals surface area (Å²) < 4.78 is 35.8. The molecular weight excluding hydrogens is 392 g/mol. The average Bonchev–Trinajstić information content (AvgIpc) is 2.49. The third kappa shape index (κ3) is 11.9. The van der Waals surface area contributed by atoms with Crippen molar-refractivity contribution in [2.75, 3.05) is 18.9 Å². The summed E-state index contributed by atoms with van der Waals surface area (Å²) >= 11 is 1.69. The molecule has 2 unspecified atom stereocenters. The molecule has 0 aliphatic heterocycles. The fourth-order valence-corrected chi connectivity index (χ4v) is 3.80. The van der Waals surface area contributed by atoms with Crippen molar-refractivity contribution in [1.82, 2.24) is 5.32 Å². The molecule has 1 rings (SSSR count). The number of phosphoric ester groups is 2. The summed E-state index contributed by atoms with van der Waals surface area (Å²) in [6, 6.07) is 9.87. The van der Waals surface area contributed by atoms with Crippen LogP contribution in [0.25, 0.3) is 0 Å². The second-order valence-corrected chi connectivity index (χ2v) is 8.51. The minimum atomic E-state index is -4.91. The van der Waals surface area contributed by atoms with Gasteiger partial charge < -0.3 is 14.7 Å². The van der Waals surface area contributed by atoms with Crippen molar-refractivity contribution in [3.05, 3.63) is 30.3 Å². The van der Waals surface area contributed by atoms with Crippen LogP contribution in [0.1, 0.15) is 19.8 Å². The van der Waals surface area contributed by atoms with Crippen molar-refractivity contribution in [3.8, 4) is 0 Å². The molecule has 0 spiro atoms. The second-order valence-electron chi connectivity index (χ2n) is 4.74. The Balaban J connectivity index is 2.34. The van der Waals surface area contributed by atoms with Crippen molar-refractivity contribution >= 4 is 27.4 Å². The average molecular weight is 415 g/mol. The van der Waals surface area contributed by atoms with Crippen LogP contribution >= 0.6 is 27.4 Å². The predicted molar refractivity (Wildman–Crippen MR) is 93.9 cm³/mol. The highest BCUT2D eigenvalue weighted by molar-refractivity contribution is 7.99. The van der Waals surface area contributed by atoms with Gasteiger partial charge in [0.05, 0.1) is 6.61 Å². The first kappa shape index (κ1) is 22.8. The molecule has 9 nitrogen and oxygen atoms in total. The van der Waals surface area contributed by atoms with Crippen LogP contribution in [0.15, 0.2) is 35.2 Å². The van der Waals surface area contributed by atoms with E-state index in [9.17, 15) is 14.0 Å². The lowest BCUT2D eigenvalue weighted by Gasteiger charge is -2.21. The summed E-state index contributed by atoms with van der Waals surface area (Å²) in [5.74, 6) is 0.855. The lowest BCUT2D eigenvalue weighted by Crippen LogP contribution is -2.34. The number of phosphoric acid groups is 2. The van der Waals surface area contributed by atoms with Crippen molar-refractivity contribution in [2.45, 2.75) is 31.1 Å². The zero-order chi connectivity index (χ0) is 18.8. The van der Waals surface area contributed by atoms with E-state index in [1.54, 1.807) is 11.8 Å². The molecule has 4 N–H and O–H groups in total. The van der Waals surface area contributed by atoms with Crippen LogP contribution in [0.4, 0.5) is 0 Å². The molecule has 0 aliphatic carbocycles. The van der Waals surface area contributed by atoms with Gasteiger partial charge in [-0.05, 0) is 44.2 Å². The number of benzene rings is 1. The van der Waals surface area contributed by atoms with E-state index >= 15 is 0 Å². The van der Waals surface area contributed by atoms with Crippen LogP contribution in [0.5, 0.6) is 0 Å². The topological polar surface area (TPSA) is 135 Å². The third-order valence-electron chi connectivity index (χ3n) is 2.65. The number of rotatable bonds is 13. The first-order valence-electron chi connectivity index (χ1n) is 7.53. The molecule has 0 saturated heterocycles. The Labute approximate surface area is 150 Å². The number of thioether (sulfide) groups is 1. The van der Waals surface area contributed by atoms with Crippen molar-refractivity contribution in [2.24, 2.45) is 0 Å². The van der Waals surface area contributed by atoms with Crippen LogP contribution in [0, 0.1) is 0 Å². The summed E-state index contributed by atoms with van der Waals surface area (Å²) in [7, 11) is -9.38. The van der Waals surface area contributed by atoms with Gasteiger partial charge in [0, 0.05) is 4.90 Å². The Morgan fingerprint density at radius 3 is 2.40 bits per heavy atom. The van der Waals surface area contributed by atoms with Gasteiger partial charge in [-0.1, -0.05) is 18.2 Å².